The van der Waals surface area contributed by atoms with E-state index in [4.69, 9.17) is 31.8 Å². The van der Waals surface area contributed by atoms with E-state index in [0.29, 0.717) is 41.6 Å². The molecule has 0 unspecified atom stereocenters. The van der Waals surface area contributed by atoms with E-state index in [2.05, 4.69) is 54.3 Å². The number of halogens is 1. The number of carbonyl (C=O) groups excluding carboxylic acids is 2. The lowest BCUT2D eigenvalue weighted by molar-refractivity contribution is 0.0282. The molecule has 3 N–H and O–H groups in total. The average molecular weight is 890 g/mol. The first kappa shape index (κ1) is 46.6. The summed E-state index contributed by atoms with van der Waals surface area (Å²) in [5, 5.41) is 12.6. The van der Waals surface area contributed by atoms with Crippen molar-refractivity contribution in [2.24, 2.45) is 19.8 Å². The van der Waals surface area contributed by atoms with E-state index in [1.807, 2.05) is 100 Å². The SMILES string of the molecule is CC(C)(C)OC(=O)N1CC[C@H](N)C1.CCn1ncc(-c2nc3c(Cl)ncnc3n2C)c1C.CCn1ncc(-c2nc3c(N[C@H]4CCN(C(=O)OC(C)(C)C)C4)ncnc3n2C)c1C. The molecule has 6 aromatic rings. The summed E-state index contributed by atoms with van der Waals surface area (Å²) >= 11 is 6.05. The highest BCUT2D eigenvalue weighted by Crippen LogP contribution is 2.30. The van der Waals surface area contributed by atoms with Gasteiger partial charge in [0.05, 0.1) is 23.5 Å². The number of ether oxygens (including phenoxy) is 2. The van der Waals surface area contributed by atoms with Crippen molar-refractivity contribution in [3.63, 3.8) is 0 Å². The number of carbonyl (C=O) groups is 2. The van der Waals surface area contributed by atoms with Crippen molar-refractivity contribution in [1.29, 1.82) is 0 Å². The van der Waals surface area contributed by atoms with Gasteiger partial charge >= 0.3 is 12.2 Å². The maximum atomic E-state index is 12.4. The normalized spacial score (nSPS) is 16.5. The van der Waals surface area contributed by atoms with E-state index >= 15 is 0 Å². The number of nitrogens with zero attached hydrogens (tertiary/aromatic N) is 14. The number of imidazole rings is 2. The minimum Gasteiger partial charge on any atom is -0.444 e. The van der Waals surface area contributed by atoms with Gasteiger partial charge in [-0.1, -0.05) is 11.6 Å². The van der Waals surface area contributed by atoms with E-state index in [0.717, 1.165) is 77.9 Å². The van der Waals surface area contributed by atoms with Crippen LogP contribution in [0.1, 0.15) is 79.6 Å². The molecule has 0 bridgehead atoms. The summed E-state index contributed by atoms with van der Waals surface area (Å²) in [4.78, 5) is 53.7. The molecule has 2 fully saturated rings. The van der Waals surface area contributed by atoms with Gasteiger partial charge < -0.3 is 39.5 Å². The topological polar surface area (TPSA) is 220 Å². The number of likely N-dealkylation sites (tertiary alicyclic amines) is 2. The number of anilines is 1. The third-order valence-corrected chi connectivity index (χ3v) is 10.9. The molecule has 2 aliphatic heterocycles. The van der Waals surface area contributed by atoms with Gasteiger partial charge in [0.1, 0.15) is 41.0 Å². The van der Waals surface area contributed by atoms with E-state index in [-0.39, 0.29) is 24.3 Å². The number of nitrogens with two attached hydrogens (primary N) is 1. The van der Waals surface area contributed by atoms with Crippen molar-refractivity contribution >= 4 is 51.9 Å². The molecule has 63 heavy (non-hydrogen) atoms. The van der Waals surface area contributed by atoms with Crippen LogP contribution in [0.2, 0.25) is 5.15 Å². The summed E-state index contributed by atoms with van der Waals surface area (Å²) in [6.45, 7) is 23.6. The maximum Gasteiger partial charge on any atom is 0.410 e. The Labute approximate surface area is 372 Å². The third-order valence-electron chi connectivity index (χ3n) is 10.6. The van der Waals surface area contributed by atoms with E-state index < -0.39 is 11.2 Å². The van der Waals surface area contributed by atoms with Gasteiger partial charge in [-0.05, 0) is 82.1 Å². The number of aromatic nitrogens is 12. The number of fused-ring (bicyclic) bond motifs is 2. The van der Waals surface area contributed by atoms with Gasteiger partial charge in [0.25, 0.3) is 0 Å². The molecule has 2 atom stereocenters. The lowest BCUT2D eigenvalue weighted by Gasteiger charge is -2.24. The Kier molecular flexibility index (Phi) is 13.9. The zero-order valence-electron chi connectivity index (χ0n) is 38.5. The Morgan fingerprint density at radius 2 is 1.22 bits per heavy atom. The fraction of sp³-hybridized carbons (Fsp3) is 0.571. The molecule has 21 heteroatoms. The number of hydrogen-bond donors (Lipinski definition) is 2. The summed E-state index contributed by atoms with van der Waals surface area (Å²) in [6, 6.07) is 0.188. The molecular formula is C42H61ClN16O4. The summed E-state index contributed by atoms with van der Waals surface area (Å²) in [5.74, 6) is 2.27. The van der Waals surface area contributed by atoms with Crippen LogP contribution in [0.15, 0.2) is 25.0 Å². The van der Waals surface area contributed by atoms with Gasteiger partial charge in [-0.3, -0.25) is 9.36 Å². The van der Waals surface area contributed by atoms with Crippen molar-refractivity contribution in [2.45, 2.75) is 118 Å². The molecule has 0 spiro atoms. The highest BCUT2D eigenvalue weighted by molar-refractivity contribution is 6.33. The number of nitrogens with one attached hydrogen (secondary N) is 1. The van der Waals surface area contributed by atoms with Gasteiger partial charge in [-0.25, -0.2) is 39.5 Å². The fourth-order valence-electron chi connectivity index (χ4n) is 7.37. The molecule has 2 saturated heterocycles. The van der Waals surface area contributed by atoms with Crippen molar-refractivity contribution in [3.05, 3.63) is 41.6 Å². The molecule has 8 heterocycles. The molecule has 0 saturated carbocycles. The zero-order chi connectivity index (χ0) is 46.0. The highest BCUT2D eigenvalue weighted by atomic mass is 35.5. The summed E-state index contributed by atoms with van der Waals surface area (Å²) < 4.78 is 18.4. The Balaban J connectivity index is 0.000000175. The smallest absolute Gasteiger partial charge is 0.410 e. The molecule has 2 amide bonds. The monoisotopic (exact) mass is 888 g/mol. The number of amides is 2. The molecule has 8 rings (SSSR count). The molecule has 0 aliphatic carbocycles. The van der Waals surface area contributed by atoms with Gasteiger partial charge in [0, 0.05) is 76.8 Å². The highest BCUT2D eigenvalue weighted by Gasteiger charge is 2.31. The second kappa shape index (κ2) is 18.8. The predicted molar refractivity (Wildman–Crippen MR) is 241 cm³/mol. The van der Waals surface area contributed by atoms with Crippen LogP contribution < -0.4 is 11.1 Å². The number of aryl methyl sites for hydroxylation is 4. The second-order valence-corrected chi connectivity index (χ2v) is 18.0. The van der Waals surface area contributed by atoms with Crippen molar-refractivity contribution < 1.29 is 19.1 Å². The quantitative estimate of drug-likeness (QED) is 0.180. The van der Waals surface area contributed by atoms with E-state index in [1.165, 1.54) is 6.33 Å². The standard InChI is InChI=1S/C21H30N8O2.C12H13ClN6.C9H18N2O2/c1-7-29-13(2)15(10-24-29)18-26-16-17(22-12-23-19(16)27(18)6)25-14-8-9-28(11-14)20(30)31-21(3,4)5;1-4-19-7(2)8(5-16-19)11-17-9-10(13)14-6-15-12(9)18(11)3;1-9(2,3)13-8(12)11-5-4-7(10)6-11/h10,12,14H,7-9,11H2,1-6H3,(H,22,23,25);5-6H,4H2,1-3H3;7H,4-6,10H2,1-3H3/t14-;;7-/m0.0/s1. The van der Waals surface area contributed by atoms with Gasteiger partial charge in [-0.15, -0.1) is 0 Å². The molecular weight excluding hydrogens is 828 g/mol. The Morgan fingerprint density at radius 3 is 1.68 bits per heavy atom. The van der Waals surface area contributed by atoms with Crippen LogP contribution in [-0.4, -0.2) is 130 Å². The van der Waals surface area contributed by atoms with Crippen LogP contribution in [0.3, 0.4) is 0 Å². The molecule has 340 valence electrons. The van der Waals surface area contributed by atoms with Gasteiger partial charge in [0.15, 0.2) is 27.8 Å². The van der Waals surface area contributed by atoms with Crippen LogP contribution in [0.4, 0.5) is 15.4 Å². The van der Waals surface area contributed by atoms with Crippen molar-refractivity contribution in [2.75, 3.05) is 31.5 Å². The first-order valence-corrected chi connectivity index (χ1v) is 21.6. The Hall–Kier alpha value is -5.89. The molecule has 0 radical (unpaired) electrons. The minimum atomic E-state index is -0.504. The lowest BCUT2D eigenvalue weighted by Crippen LogP contribution is -2.36. The first-order chi connectivity index (χ1) is 29.7. The number of hydrogen-bond acceptors (Lipinski definition) is 14. The fourth-order valence-corrected chi connectivity index (χ4v) is 7.54. The molecule has 20 nitrogen and oxygen atoms in total. The third kappa shape index (κ3) is 10.7. The van der Waals surface area contributed by atoms with Crippen LogP contribution in [0, 0.1) is 13.8 Å². The Morgan fingerprint density at radius 1 is 0.746 bits per heavy atom. The largest absolute Gasteiger partial charge is 0.444 e. The predicted octanol–water partition coefficient (Wildman–Crippen LogP) is 6.14. The number of rotatable bonds is 6. The van der Waals surface area contributed by atoms with Crippen LogP contribution in [0.5, 0.6) is 0 Å². The van der Waals surface area contributed by atoms with E-state index in [9.17, 15) is 9.59 Å². The average Bonchev–Trinajstić information content (AvgIpc) is 4.08. The molecule has 0 aromatic carbocycles. The summed E-state index contributed by atoms with van der Waals surface area (Å²) in [5.41, 5.74) is 11.7. The van der Waals surface area contributed by atoms with Crippen LogP contribution in [-0.2, 0) is 36.7 Å². The van der Waals surface area contributed by atoms with Crippen molar-refractivity contribution in [1.82, 2.24) is 68.4 Å². The molecule has 2 aliphatic rings. The lowest BCUT2D eigenvalue weighted by atomic mass is 10.2. The minimum absolute atomic E-state index is 0.0700. The van der Waals surface area contributed by atoms with Crippen LogP contribution in [0.25, 0.3) is 45.1 Å². The summed E-state index contributed by atoms with van der Waals surface area (Å²) in [7, 11) is 3.86. The summed E-state index contributed by atoms with van der Waals surface area (Å²) in [6.07, 6.45) is 7.80. The van der Waals surface area contributed by atoms with E-state index in [1.54, 1.807) is 16.1 Å². The Bertz CT molecular complexity index is 2560. The molecule has 6 aromatic heterocycles. The van der Waals surface area contributed by atoms with Crippen LogP contribution >= 0.6 is 11.6 Å². The maximum absolute atomic E-state index is 12.4. The van der Waals surface area contributed by atoms with Gasteiger partial charge in [-0.2, -0.15) is 10.2 Å². The van der Waals surface area contributed by atoms with Gasteiger partial charge in [0.2, 0.25) is 0 Å². The zero-order valence-corrected chi connectivity index (χ0v) is 39.2. The van der Waals surface area contributed by atoms with Crippen molar-refractivity contribution in [3.8, 4) is 22.8 Å². The first-order valence-electron chi connectivity index (χ1n) is 21.2. The second-order valence-electron chi connectivity index (χ2n) is 17.7.